The molecule has 0 fully saturated rings. The van der Waals surface area contributed by atoms with E-state index in [0.29, 0.717) is 0 Å². The lowest BCUT2D eigenvalue weighted by Gasteiger charge is -2.22. The third-order valence-electron chi connectivity index (χ3n) is 3.55. The highest BCUT2D eigenvalue weighted by molar-refractivity contribution is 5.81. The highest BCUT2D eigenvalue weighted by atomic mass is 16.2. The smallest absolute Gasteiger partial charge is 0.237 e. The van der Waals surface area contributed by atoms with Gasteiger partial charge in [0.05, 0.1) is 6.04 Å². The van der Waals surface area contributed by atoms with Gasteiger partial charge < -0.3 is 5.32 Å². The lowest BCUT2D eigenvalue weighted by molar-refractivity contribution is -0.123. The Bertz CT molecular complexity index is 431. The van der Waals surface area contributed by atoms with Crippen molar-refractivity contribution in [3.63, 3.8) is 0 Å². The van der Waals surface area contributed by atoms with Crippen LogP contribution in [-0.4, -0.2) is 18.0 Å². The van der Waals surface area contributed by atoms with Gasteiger partial charge in [-0.25, -0.2) is 0 Å². The number of nitrogens with one attached hydrogen (secondary N) is 2. The summed E-state index contributed by atoms with van der Waals surface area (Å²) in [5, 5.41) is 6.41. The van der Waals surface area contributed by atoms with Gasteiger partial charge >= 0.3 is 0 Å². The first-order valence-electron chi connectivity index (χ1n) is 7.57. The van der Waals surface area contributed by atoms with E-state index in [0.717, 1.165) is 12.8 Å². The molecule has 1 rings (SSSR count). The zero-order chi connectivity index (χ0) is 15.1. The van der Waals surface area contributed by atoms with Crippen LogP contribution in [0.1, 0.15) is 57.7 Å². The molecule has 3 heteroatoms. The monoisotopic (exact) mass is 276 g/mol. The number of rotatable bonds is 7. The average Bonchev–Trinajstić information content (AvgIpc) is 2.38. The van der Waals surface area contributed by atoms with E-state index in [4.69, 9.17) is 0 Å². The zero-order valence-electron chi connectivity index (χ0n) is 13.4. The van der Waals surface area contributed by atoms with Crippen molar-refractivity contribution in [2.45, 2.75) is 65.6 Å². The number of aryl methyl sites for hydroxylation is 1. The highest BCUT2D eigenvalue weighted by Gasteiger charge is 2.17. The molecule has 0 radical (unpaired) electrons. The predicted molar refractivity (Wildman–Crippen MR) is 84.7 cm³/mol. The second-order valence-electron chi connectivity index (χ2n) is 5.72. The van der Waals surface area contributed by atoms with Gasteiger partial charge in [0.2, 0.25) is 5.91 Å². The Kier molecular flexibility index (Phi) is 6.73. The van der Waals surface area contributed by atoms with Crippen LogP contribution in [0.15, 0.2) is 24.3 Å². The minimum absolute atomic E-state index is 0.0745. The number of carbonyl (C=O) groups is 1. The topological polar surface area (TPSA) is 41.1 Å². The van der Waals surface area contributed by atoms with E-state index in [9.17, 15) is 4.79 Å². The van der Waals surface area contributed by atoms with Crippen LogP contribution in [0, 0.1) is 6.92 Å². The summed E-state index contributed by atoms with van der Waals surface area (Å²) in [4.78, 5) is 12.1. The van der Waals surface area contributed by atoms with Crippen LogP contribution >= 0.6 is 0 Å². The van der Waals surface area contributed by atoms with Crippen LogP contribution in [0.4, 0.5) is 0 Å². The van der Waals surface area contributed by atoms with Gasteiger partial charge in [0.25, 0.3) is 0 Å². The van der Waals surface area contributed by atoms with Crippen LogP contribution in [0.2, 0.25) is 0 Å². The van der Waals surface area contributed by atoms with Gasteiger partial charge in [-0.15, -0.1) is 0 Å². The normalized spacial score (nSPS) is 15.4. The standard InChI is InChI=1S/C17H28N2O/c1-6-8-13(3)18-17(20)15(5)19-14(4)16-10-7-9-12(2)11-16/h7,9-11,13-15,19H,6,8H2,1-5H3,(H,18,20)/t13?,14-,15?/m1/s1. The van der Waals surface area contributed by atoms with Crippen LogP contribution in [0.3, 0.4) is 0 Å². The molecule has 0 spiro atoms. The molecule has 0 aromatic heterocycles. The minimum Gasteiger partial charge on any atom is -0.352 e. The van der Waals surface area contributed by atoms with Crippen molar-refractivity contribution in [2.24, 2.45) is 0 Å². The Balaban J connectivity index is 2.52. The third kappa shape index (κ3) is 5.33. The van der Waals surface area contributed by atoms with Gasteiger partial charge in [-0.1, -0.05) is 43.2 Å². The van der Waals surface area contributed by atoms with Crippen molar-refractivity contribution in [1.82, 2.24) is 10.6 Å². The van der Waals surface area contributed by atoms with E-state index in [1.807, 2.05) is 6.92 Å². The van der Waals surface area contributed by atoms with E-state index < -0.39 is 0 Å². The summed E-state index contributed by atoms with van der Waals surface area (Å²) in [5.74, 6) is 0.0745. The number of hydrogen-bond donors (Lipinski definition) is 2. The quantitative estimate of drug-likeness (QED) is 0.802. The molecule has 0 aliphatic rings. The fraction of sp³-hybridized carbons (Fsp3) is 0.588. The molecular weight excluding hydrogens is 248 g/mol. The van der Waals surface area contributed by atoms with E-state index in [1.165, 1.54) is 11.1 Å². The summed E-state index contributed by atoms with van der Waals surface area (Å²) >= 11 is 0. The maximum Gasteiger partial charge on any atom is 0.237 e. The predicted octanol–water partition coefficient (Wildman–Crippen LogP) is 3.34. The summed E-state index contributed by atoms with van der Waals surface area (Å²) in [7, 11) is 0. The molecule has 1 aromatic rings. The Morgan fingerprint density at radius 1 is 1.25 bits per heavy atom. The molecular formula is C17H28N2O. The van der Waals surface area contributed by atoms with Gasteiger partial charge in [0, 0.05) is 12.1 Å². The van der Waals surface area contributed by atoms with Crippen molar-refractivity contribution in [3.05, 3.63) is 35.4 Å². The molecule has 0 saturated heterocycles. The van der Waals surface area contributed by atoms with Crippen molar-refractivity contribution in [2.75, 3.05) is 0 Å². The van der Waals surface area contributed by atoms with Crippen LogP contribution in [-0.2, 0) is 4.79 Å². The van der Waals surface area contributed by atoms with Crippen LogP contribution in [0.5, 0.6) is 0 Å². The highest BCUT2D eigenvalue weighted by Crippen LogP contribution is 2.14. The zero-order valence-corrected chi connectivity index (χ0v) is 13.4. The van der Waals surface area contributed by atoms with E-state index in [-0.39, 0.29) is 24.0 Å². The van der Waals surface area contributed by atoms with E-state index in [2.05, 4.69) is 62.6 Å². The minimum atomic E-state index is -0.190. The molecule has 0 aliphatic carbocycles. The fourth-order valence-corrected chi connectivity index (χ4v) is 2.36. The van der Waals surface area contributed by atoms with Crippen molar-refractivity contribution in [1.29, 1.82) is 0 Å². The third-order valence-corrected chi connectivity index (χ3v) is 3.55. The summed E-state index contributed by atoms with van der Waals surface area (Å²) in [5.41, 5.74) is 2.45. The number of carbonyl (C=O) groups excluding carboxylic acids is 1. The van der Waals surface area contributed by atoms with Gasteiger partial charge in [0.15, 0.2) is 0 Å². The molecule has 3 nitrogen and oxygen atoms in total. The lowest BCUT2D eigenvalue weighted by Crippen LogP contribution is -2.46. The Morgan fingerprint density at radius 3 is 2.55 bits per heavy atom. The first-order valence-corrected chi connectivity index (χ1v) is 7.57. The fourth-order valence-electron chi connectivity index (χ4n) is 2.36. The Morgan fingerprint density at radius 2 is 1.95 bits per heavy atom. The molecule has 2 unspecified atom stereocenters. The lowest BCUT2D eigenvalue weighted by atomic mass is 10.0. The van der Waals surface area contributed by atoms with Gasteiger partial charge in [-0.05, 0) is 39.7 Å². The average molecular weight is 276 g/mol. The van der Waals surface area contributed by atoms with Gasteiger partial charge in [0.1, 0.15) is 0 Å². The van der Waals surface area contributed by atoms with Crippen molar-refractivity contribution < 1.29 is 4.79 Å². The van der Waals surface area contributed by atoms with Crippen molar-refractivity contribution >= 4 is 5.91 Å². The molecule has 0 aliphatic heterocycles. The van der Waals surface area contributed by atoms with Crippen LogP contribution in [0.25, 0.3) is 0 Å². The second-order valence-corrected chi connectivity index (χ2v) is 5.72. The first-order chi connectivity index (χ1) is 9.43. The Labute approximate surface area is 123 Å². The summed E-state index contributed by atoms with van der Waals surface area (Å²) in [6, 6.07) is 8.60. The largest absolute Gasteiger partial charge is 0.352 e. The molecule has 1 aromatic carbocycles. The number of amides is 1. The molecule has 20 heavy (non-hydrogen) atoms. The maximum atomic E-state index is 12.1. The number of hydrogen-bond acceptors (Lipinski definition) is 2. The Hall–Kier alpha value is -1.35. The van der Waals surface area contributed by atoms with Crippen LogP contribution < -0.4 is 10.6 Å². The molecule has 2 N–H and O–H groups in total. The maximum absolute atomic E-state index is 12.1. The van der Waals surface area contributed by atoms with E-state index in [1.54, 1.807) is 0 Å². The van der Waals surface area contributed by atoms with Gasteiger partial charge in [-0.2, -0.15) is 0 Å². The second kappa shape index (κ2) is 8.05. The van der Waals surface area contributed by atoms with E-state index >= 15 is 0 Å². The molecule has 0 heterocycles. The summed E-state index contributed by atoms with van der Waals surface area (Å²) in [6.45, 7) is 10.3. The SMILES string of the molecule is CCCC(C)NC(=O)C(C)N[C@H](C)c1cccc(C)c1. The molecule has 3 atom stereocenters. The van der Waals surface area contributed by atoms with Gasteiger partial charge in [-0.3, -0.25) is 10.1 Å². The summed E-state index contributed by atoms with van der Waals surface area (Å²) < 4.78 is 0. The summed E-state index contributed by atoms with van der Waals surface area (Å²) in [6.07, 6.45) is 2.11. The molecule has 0 bridgehead atoms. The number of benzene rings is 1. The first kappa shape index (κ1) is 16.7. The molecule has 0 saturated carbocycles. The van der Waals surface area contributed by atoms with Crippen molar-refractivity contribution in [3.8, 4) is 0 Å². The molecule has 1 amide bonds. The molecule has 112 valence electrons.